The van der Waals surface area contributed by atoms with Crippen LogP contribution in [0.1, 0.15) is 69.8 Å². The van der Waals surface area contributed by atoms with Crippen LogP contribution in [0.25, 0.3) is 0 Å². The standard InChI is InChI=1S/C22H30N2O2/c25-20-13-12-17(16-24(20)19-10-6-1-2-7-11-19)21(26)23-22(14-15-22)18-8-4-3-5-9-18/h3-5,8-9,17,19H,1-2,6-7,10-16H2,(H,23,26)/t17-/m0/s1. The number of hydrogen-bond donors (Lipinski definition) is 1. The predicted molar refractivity (Wildman–Crippen MR) is 101 cm³/mol. The molecule has 140 valence electrons. The average Bonchev–Trinajstić information content (AvgIpc) is 3.47. The van der Waals surface area contributed by atoms with E-state index in [1.165, 1.54) is 31.2 Å². The fourth-order valence-electron chi connectivity index (χ4n) is 4.71. The van der Waals surface area contributed by atoms with Gasteiger partial charge in [-0.3, -0.25) is 9.59 Å². The molecule has 4 nitrogen and oxygen atoms in total. The summed E-state index contributed by atoms with van der Waals surface area (Å²) in [6.45, 7) is 0.611. The van der Waals surface area contributed by atoms with Gasteiger partial charge in [-0.1, -0.05) is 56.0 Å². The molecule has 2 amide bonds. The third kappa shape index (κ3) is 3.65. The summed E-state index contributed by atoms with van der Waals surface area (Å²) in [6.07, 6.45) is 10.4. The van der Waals surface area contributed by atoms with Crippen LogP contribution in [0.3, 0.4) is 0 Å². The van der Waals surface area contributed by atoms with Crippen LogP contribution < -0.4 is 5.32 Å². The van der Waals surface area contributed by atoms with Crippen LogP contribution in [0.5, 0.6) is 0 Å². The number of rotatable bonds is 4. The maximum Gasteiger partial charge on any atom is 0.225 e. The SMILES string of the molecule is O=C(NC1(c2ccccc2)CC1)[C@H]1CCC(=O)N(C2CCCCCC2)C1. The lowest BCUT2D eigenvalue weighted by Gasteiger charge is -2.38. The van der Waals surface area contributed by atoms with E-state index in [9.17, 15) is 9.59 Å². The summed E-state index contributed by atoms with van der Waals surface area (Å²) < 4.78 is 0. The Balaban J connectivity index is 1.41. The van der Waals surface area contributed by atoms with Crippen molar-refractivity contribution in [1.29, 1.82) is 0 Å². The van der Waals surface area contributed by atoms with Gasteiger partial charge in [0.25, 0.3) is 0 Å². The highest BCUT2D eigenvalue weighted by Gasteiger charge is 2.47. The van der Waals surface area contributed by atoms with Gasteiger partial charge in [-0.2, -0.15) is 0 Å². The van der Waals surface area contributed by atoms with Crippen molar-refractivity contribution in [2.24, 2.45) is 5.92 Å². The Kier molecular flexibility index (Phi) is 5.01. The molecule has 0 spiro atoms. The number of nitrogens with one attached hydrogen (secondary N) is 1. The molecule has 0 radical (unpaired) electrons. The van der Waals surface area contributed by atoms with Gasteiger partial charge in [0.1, 0.15) is 0 Å². The third-order valence-electron chi connectivity index (χ3n) is 6.52. The molecule has 0 unspecified atom stereocenters. The molecule has 0 bridgehead atoms. The maximum atomic E-state index is 13.0. The predicted octanol–water partition coefficient (Wildman–Crippen LogP) is 3.75. The molecule has 2 saturated carbocycles. The molecule has 4 rings (SSSR count). The summed E-state index contributed by atoms with van der Waals surface area (Å²) in [4.78, 5) is 27.5. The lowest BCUT2D eigenvalue weighted by molar-refractivity contribution is -0.141. The van der Waals surface area contributed by atoms with E-state index >= 15 is 0 Å². The highest BCUT2D eigenvalue weighted by Crippen LogP contribution is 2.45. The lowest BCUT2D eigenvalue weighted by atomic mass is 9.92. The molecule has 1 saturated heterocycles. The van der Waals surface area contributed by atoms with E-state index in [0.29, 0.717) is 25.4 Å². The number of amides is 2. The van der Waals surface area contributed by atoms with Gasteiger partial charge in [-0.15, -0.1) is 0 Å². The molecule has 2 aliphatic carbocycles. The van der Waals surface area contributed by atoms with Crippen LogP contribution in [-0.4, -0.2) is 29.3 Å². The van der Waals surface area contributed by atoms with Gasteiger partial charge in [-0.05, 0) is 37.7 Å². The van der Waals surface area contributed by atoms with Crippen molar-refractivity contribution in [2.45, 2.75) is 75.8 Å². The van der Waals surface area contributed by atoms with E-state index in [4.69, 9.17) is 0 Å². The molecular weight excluding hydrogens is 324 g/mol. The van der Waals surface area contributed by atoms with Crippen molar-refractivity contribution >= 4 is 11.8 Å². The fourth-order valence-corrected chi connectivity index (χ4v) is 4.71. The Labute approximate surface area is 156 Å². The van der Waals surface area contributed by atoms with Crippen molar-refractivity contribution in [3.05, 3.63) is 35.9 Å². The highest BCUT2D eigenvalue weighted by atomic mass is 16.2. The van der Waals surface area contributed by atoms with Crippen LogP contribution in [0.4, 0.5) is 0 Å². The number of hydrogen-bond acceptors (Lipinski definition) is 2. The zero-order valence-electron chi connectivity index (χ0n) is 15.6. The van der Waals surface area contributed by atoms with E-state index in [2.05, 4.69) is 17.4 Å². The number of piperidine rings is 1. The molecular formula is C22H30N2O2. The molecule has 0 aromatic heterocycles. The van der Waals surface area contributed by atoms with Gasteiger partial charge in [-0.25, -0.2) is 0 Å². The third-order valence-corrected chi connectivity index (χ3v) is 6.52. The van der Waals surface area contributed by atoms with Gasteiger partial charge in [0.05, 0.1) is 11.5 Å². The monoisotopic (exact) mass is 354 g/mol. The summed E-state index contributed by atoms with van der Waals surface area (Å²) in [5.41, 5.74) is 1.05. The molecule has 1 aromatic carbocycles. The second-order valence-corrected chi connectivity index (χ2v) is 8.36. The Morgan fingerprint density at radius 3 is 2.35 bits per heavy atom. The average molecular weight is 354 g/mol. The Morgan fingerprint density at radius 1 is 1.00 bits per heavy atom. The maximum absolute atomic E-state index is 13.0. The first-order valence-corrected chi connectivity index (χ1v) is 10.3. The topological polar surface area (TPSA) is 49.4 Å². The van der Waals surface area contributed by atoms with E-state index in [1.54, 1.807) is 0 Å². The minimum atomic E-state index is -0.160. The first-order chi connectivity index (χ1) is 12.7. The number of carbonyl (C=O) groups is 2. The second kappa shape index (κ2) is 7.42. The summed E-state index contributed by atoms with van der Waals surface area (Å²) in [6, 6.07) is 10.7. The minimum absolute atomic E-state index is 0.0582. The molecule has 1 heterocycles. The molecule has 3 fully saturated rings. The van der Waals surface area contributed by atoms with E-state index in [0.717, 1.165) is 25.7 Å². The number of carbonyl (C=O) groups excluding carboxylic acids is 2. The number of likely N-dealkylation sites (tertiary alicyclic amines) is 1. The first-order valence-electron chi connectivity index (χ1n) is 10.3. The quantitative estimate of drug-likeness (QED) is 0.837. The molecule has 1 aliphatic heterocycles. The van der Waals surface area contributed by atoms with Crippen LogP contribution >= 0.6 is 0 Å². The minimum Gasteiger partial charge on any atom is -0.346 e. The van der Waals surface area contributed by atoms with E-state index < -0.39 is 0 Å². The van der Waals surface area contributed by atoms with Crippen LogP contribution in [0, 0.1) is 5.92 Å². The molecule has 4 heteroatoms. The zero-order valence-corrected chi connectivity index (χ0v) is 15.6. The van der Waals surface area contributed by atoms with Gasteiger partial charge in [0.2, 0.25) is 11.8 Å². The molecule has 1 aromatic rings. The van der Waals surface area contributed by atoms with Crippen molar-refractivity contribution in [3.8, 4) is 0 Å². The first kappa shape index (κ1) is 17.6. The zero-order chi connectivity index (χ0) is 18.0. The van der Waals surface area contributed by atoms with Crippen molar-refractivity contribution < 1.29 is 9.59 Å². The van der Waals surface area contributed by atoms with Crippen LogP contribution in [0.2, 0.25) is 0 Å². The molecule has 1 atom stereocenters. The summed E-state index contributed by atoms with van der Waals surface area (Å²) in [5.74, 6) is 0.333. The Morgan fingerprint density at radius 2 is 1.69 bits per heavy atom. The van der Waals surface area contributed by atoms with Gasteiger partial charge < -0.3 is 10.2 Å². The fraction of sp³-hybridized carbons (Fsp3) is 0.636. The van der Waals surface area contributed by atoms with Crippen molar-refractivity contribution in [3.63, 3.8) is 0 Å². The normalized spacial score (nSPS) is 26.2. The van der Waals surface area contributed by atoms with Crippen molar-refractivity contribution in [1.82, 2.24) is 10.2 Å². The summed E-state index contributed by atoms with van der Waals surface area (Å²) in [7, 11) is 0. The highest BCUT2D eigenvalue weighted by molar-refractivity contribution is 5.84. The van der Waals surface area contributed by atoms with Gasteiger partial charge in [0, 0.05) is 19.0 Å². The molecule has 26 heavy (non-hydrogen) atoms. The van der Waals surface area contributed by atoms with Crippen LogP contribution in [0.15, 0.2) is 30.3 Å². The Hall–Kier alpha value is -1.84. The van der Waals surface area contributed by atoms with E-state index in [-0.39, 0.29) is 23.3 Å². The van der Waals surface area contributed by atoms with Gasteiger partial charge >= 0.3 is 0 Å². The lowest BCUT2D eigenvalue weighted by Crippen LogP contribution is -2.51. The second-order valence-electron chi connectivity index (χ2n) is 8.36. The largest absolute Gasteiger partial charge is 0.346 e. The molecule has 1 N–H and O–H groups in total. The smallest absolute Gasteiger partial charge is 0.225 e. The summed E-state index contributed by atoms with van der Waals surface area (Å²) in [5, 5.41) is 3.33. The number of nitrogens with zero attached hydrogens (tertiary/aromatic N) is 1. The van der Waals surface area contributed by atoms with E-state index in [1.807, 2.05) is 23.1 Å². The Bertz CT molecular complexity index is 645. The molecule has 3 aliphatic rings. The van der Waals surface area contributed by atoms with Crippen LogP contribution in [-0.2, 0) is 15.1 Å². The number of benzene rings is 1. The van der Waals surface area contributed by atoms with Crippen molar-refractivity contribution in [2.75, 3.05) is 6.54 Å². The summed E-state index contributed by atoms with van der Waals surface area (Å²) >= 11 is 0. The van der Waals surface area contributed by atoms with Gasteiger partial charge in [0.15, 0.2) is 0 Å².